The lowest BCUT2D eigenvalue weighted by atomic mass is 9.96. The summed E-state index contributed by atoms with van der Waals surface area (Å²) in [5, 5.41) is 19.6. The molecular formula is C14H12N2O4. The maximum atomic E-state index is 10.9. The van der Waals surface area contributed by atoms with Gasteiger partial charge in [0, 0.05) is 23.4 Å². The van der Waals surface area contributed by atoms with Gasteiger partial charge in [0.05, 0.1) is 11.3 Å². The second-order valence-electron chi connectivity index (χ2n) is 4.26. The summed E-state index contributed by atoms with van der Waals surface area (Å²) in [7, 11) is 0. The van der Waals surface area contributed by atoms with Crippen LogP contribution in [0.4, 0.5) is 11.4 Å². The van der Waals surface area contributed by atoms with Crippen LogP contribution in [0.25, 0.3) is 11.1 Å². The number of carboxylic acid groups (broad SMARTS) is 1. The molecule has 0 aliphatic carbocycles. The molecule has 20 heavy (non-hydrogen) atoms. The van der Waals surface area contributed by atoms with Gasteiger partial charge in [-0.25, -0.2) is 0 Å². The standard InChI is InChI=1S/C14H12N2O4/c15-13-8-10(16(19)20)5-6-12(13)11-4-2-1-3-9(11)7-14(17)18/h1-6,8H,7,15H2,(H,17,18). The molecule has 6 heteroatoms. The Bertz CT molecular complexity index is 683. The molecule has 0 aromatic heterocycles. The Kier molecular flexibility index (Phi) is 3.65. The lowest BCUT2D eigenvalue weighted by molar-refractivity contribution is -0.384. The van der Waals surface area contributed by atoms with E-state index in [0.717, 1.165) is 0 Å². The predicted octanol–water partition coefficient (Wildman–Crippen LogP) is 2.47. The first-order valence-corrected chi connectivity index (χ1v) is 5.83. The van der Waals surface area contributed by atoms with Crippen molar-refractivity contribution in [1.29, 1.82) is 0 Å². The summed E-state index contributed by atoms with van der Waals surface area (Å²) in [6.07, 6.45) is -0.132. The molecular weight excluding hydrogens is 260 g/mol. The number of rotatable bonds is 4. The van der Waals surface area contributed by atoms with Gasteiger partial charge < -0.3 is 10.8 Å². The van der Waals surface area contributed by atoms with E-state index in [1.807, 2.05) is 0 Å². The smallest absolute Gasteiger partial charge is 0.307 e. The number of nitro groups is 1. The van der Waals surface area contributed by atoms with Gasteiger partial charge in [-0.15, -0.1) is 0 Å². The molecule has 2 rings (SSSR count). The van der Waals surface area contributed by atoms with E-state index < -0.39 is 10.9 Å². The highest BCUT2D eigenvalue weighted by molar-refractivity contribution is 5.83. The number of benzene rings is 2. The first-order valence-electron chi connectivity index (χ1n) is 5.83. The van der Waals surface area contributed by atoms with E-state index in [0.29, 0.717) is 16.7 Å². The number of hydrogen-bond acceptors (Lipinski definition) is 4. The molecule has 0 bridgehead atoms. The van der Waals surface area contributed by atoms with E-state index in [2.05, 4.69) is 0 Å². The van der Waals surface area contributed by atoms with Crippen molar-refractivity contribution in [3.05, 3.63) is 58.1 Å². The van der Waals surface area contributed by atoms with Crippen LogP contribution < -0.4 is 5.73 Å². The Morgan fingerprint density at radius 2 is 1.90 bits per heavy atom. The number of hydrogen-bond donors (Lipinski definition) is 2. The van der Waals surface area contributed by atoms with Gasteiger partial charge in [0.25, 0.3) is 5.69 Å². The number of non-ortho nitro benzene ring substituents is 1. The van der Waals surface area contributed by atoms with Gasteiger partial charge in [0.1, 0.15) is 0 Å². The number of nitro benzene ring substituents is 1. The molecule has 0 spiro atoms. The molecule has 6 nitrogen and oxygen atoms in total. The molecule has 0 heterocycles. The maximum Gasteiger partial charge on any atom is 0.307 e. The summed E-state index contributed by atoms with van der Waals surface area (Å²) >= 11 is 0. The summed E-state index contributed by atoms with van der Waals surface area (Å²) in [4.78, 5) is 21.0. The Balaban J connectivity index is 2.51. The molecule has 0 unspecified atom stereocenters. The Morgan fingerprint density at radius 3 is 2.50 bits per heavy atom. The molecule has 0 radical (unpaired) electrons. The quantitative estimate of drug-likeness (QED) is 0.505. The number of nitrogens with two attached hydrogens (primary N) is 1. The molecule has 0 aliphatic rings. The van der Waals surface area contributed by atoms with Crippen molar-refractivity contribution >= 4 is 17.3 Å². The van der Waals surface area contributed by atoms with Gasteiger partial charge in [-0.05, 0) is 17.2 Å². The van der Waals surface area contributed by atoms with Gasteiger partial charge in [-0.1, -0.05) is 24.3 Å². The third-order valence-corrected chi connectivity index (χ3v) is 2.90. The van der Waals surface area contributed by atoms with Crippen LogP contribution in [-0.2, 0) is 11.2 Å². The highest BCUT2D eigenvalue weighted by atomic mass is 16.6. The van der Waals surface area contributed by atoms with Crippen molar-refractivity contribution in [1.82, 2.24) is 0 Å². The molecule has 0 saturated carbocycles. The van der Waals surface area contributed by atoms with Gasteiger partial charge in [0.15, 0.2) is 0 Å². The monoisotopic (exact) mass is 272 g/mol. The van der Waals surface area contributed by atoms with Crippen molar-refractivity contribution in [3.8, 4) is 11.1 Å². The molecule has 3 N–H and O–H groups in total. The minimum Gasteiger partial charge on any atom is -0.481 e. The van der Waals surface area contributed by atoms with E-state index in [1.165, 1.54) is 18.2 Å². The van der Waals surface area contributed by atoms with Crippen molar-refractivity contribution in [2.24, 2.45) is 0 Å². The average Bonchev–Trinajstić information content (AvgIpc) is 2.39. The summed E-state index contributed by atoms with van der Waals surface area (Å²) < 4.78 is 0. The molecule has 0 aliphatic heterocycles. The van der Waals surface area contributed by atoms with Crippen LogP contribution in [0, 0.1) is 10.1 Å². The topological polar surface area (TPSA) is 106 Å². The van der Waals surface area contributed by atoms with Crippen LogP contribution in [0.3, 0.4) is 0 Å². The summed E-state index contributed by atoms with van der Waals surface area (Å²) in [6, 6.07) is 11.1. The molecule has 2 aromatic carbocycles. The molecule has 0 amide bonds. The highest BCUT2D eigenvalue weighted by Gasteiger charge is 2.13. The van der Waals surface area contributed by atoms with Crippen molar-refractivity contribution in [2.75, 3.05) is 5.73 Å². The first kappa shape index (κ1) is 13.5. The largest absolute Gasteiger partial charge is 0.481 e. The lowest BCUT2D eigenvalue weighted by Gasteiger charge is -2.10. The Hall–Kier alpha value is -2.89. The average molecular weight is 272 g/mol. The first-order chi connectivity index (χ1) is 9.49. The van der Waals surface area contributed by atoms with Gasteiger partial charge in [0.2, 0.25) is 0 Å². The fourth-order valence-electron chi connectivity index (χ4n) is 2.01. The zero-order chi connectivity index (χ0) is 14.7. The van der Waals surface area contributed by atoms with Crippen molar-refractivity contribution in [3.63, 3.8) is 0 Å². The molecule has 102 valence electrons. The van der Waals surface area contributed by atoms with Crippen molar-refractivity contribution in [2.45, 2.75) is 6.42 Å². The third kappa shape index (κ3) is 2.74. The number of carboxylic acids is 1. The zero-order valence-electron chi connectivity index (χ0n) is 10.4. The summed E-state index contributed by atoms with van der Waals surface area (Å²) in [5.74, 6) is -0.946. The van der Waals surface area contributed by atoms with Crippen LogP contribution in [0.5, 0.6) is 0 Å². The van der Waals surface area contributed by atoms with Crippen LogP contribution in [0.15, 0.2) is 42.5 Å². The normalized spacial score (nSPS) is 10.2. The van der Waals surface area contributed by atoms with Crippen molar-refractivity contribution < 1.29 is 14.8 Å². The van der Waals surface area contributed by atoms with E-state index in [-0.39, 0.29) is 17.8 Å². The summed E-state index contributed by atoms with van der Waals surface area (Å²) in [6.45, 7) is 0. The molecule has 2 aromatic rings. The maximum absolute atomic E-state index is 10.9. The number of carbonyl (C=O) groups is 1. The molecule has 0 fully saturated rings. The van der Waals surface area contributed by atoms with E-state index in [1.54, 1.807) is 24.3 Å². The van der Waals surface area contributed by atoms with Gasteiger partial charge >= 0.3 is 5.97 Å². The van der Waals surface area contributed by atoms with E-state index in [4.69, 9.17) is 10.8 Å². The fourth-order valence-corrected chi connectivity index (χ4v) is 2.01. The van der Waals surface area contributed by atoms with E-state index >= 15 is 0 Å². The van der Waals surface area contributed by atoms with Gasteiger partial charge in [-0.2, -0.15) is 0 Å². The van der Waals surface area contributed by atoms with Crippen LogP contribution >= 0.6 is 0 Å². The number of aliphatic carboxylic acids is 1. The molecule has 0 saturated heterocycles. The predicted molar refractivity (Wildman–Crippen MR) is 74.3 cm³/mol. The van der Waals surface area contributed by atoms with Crippen LogP contribution in [0.2, 0.25) is 0 Å². The number of nitrogens with zero attached hydrogens (tertiary/aromatic N) is 1. The Labute approximate surface area is 114 Å². The second kappa shape index (κ2) is 5.40. The van der Waals surface area contributed by atoms with Crippen LogP contribution in [0.1, 0.15) is 5.56 Å². The highest BCUT2D eigenvalue weighted by Crippen LogP contribution is 2.31. The van der Waals surface area contributed by atoms with Crippen LogP contribution in [-0.4, -0.2) is 16.0 Å². The Morgan fingerprint density at radius 1 is 1.20 bits per heavy atom. The number of anilines is 1. The minimum atomic E-state index is -0.946. The number of nitrogen functional groups attached to an aromatic ring is 1. The van der Waals surface area contributed by atoms with Gasteiger partial charge in [-0.3, -0.25) is 14.9 Å². The minimum absolute atomic E-state index is 0.0954. The zero-order valence-corrected chi connectivity index (χ0v) is 10.4. The summed E-state index contributed by atoms with van der Waals surface area (Å²) in [5.41, 5.74) is 7.86. The SMILES string of the molecule is Nc1cc([N+](=O)[O-])ccc1-c1ccccc1CC(=O)O. The lowest BCUT2D eigenvalue weighted by Crippen LogP contribution is -2.02. The molecule has 0 atom stereocenters. The second-order valence-corrected chi connectivity index (χ2v) is 4.26. The van der Waals surface area contributed by atoms with E-state index in [9.17, 15) is 14.9 Å². The third-order valence-electron chi connectivity index (χ3n) is 2.90. The fraction of sp³-hybridized carbons (Fsp3) is 0.0714.